The molecule has 8 heteroatoms. The number of aryl methyl sites for hydroxylation is 1. The van der Waals surface area contributed by atoms with Crippen molar-refractivity contribution in [1.29, 1.82) is 0 Å². The predicted molar refractivity (Wildman–Crippen MR) is 93.7 cm³/mol. The van der Waals surface area contributed by atoms with Gasteiger partial charge in [0.05, 0.1) is 0 Å². The van der Waals surface area contributed by atoms with Crippen LogP contribution in [0.1, 0.15) is 40.5 Å². The maximum absolute atomic E-state index is 13.3. The first-order chi connectivity index (χ1) is 12.4. The van der Waals surface area contributed by atoms with Crippen molar-refractivity contribution < 1.29 is 18.0 Å². The smallest absolute Gasteiger partial charge is 0.352 e. The van der Waals surface area contributed by atoms with Crippen molar-refractivity contribution in [2.24, 2.45) is 0 Å². The fourth-order valence-corrected chi connectivity index (χ4v) is 3.51. The highest BCUT2D eigenvalue weighted by atomic mass is 32.1. The molecule has 2 aromatic heterocycles. The number of halogens is 3. The van der Waals surface area contributed by atoms with Gasteiger partial charge in [-0.2, -0.15) is 13.2 Å². The third kappa shape index (κ3) is 4.69. The molecule has 0 saturated heterocycles. The zero-order chi connectivity index (χ0) is 18.6. The second-order valence-electron chi connectivity index (χ2n) is 6.01. The van der Waals surface area contributed by atoms with Crippen LogP contribution >= 0.6 is 11.3 Å². The number of nitrogens with one attached hydrogen (secondary N) is 1. The number of alkyl halides is 3. The first-order valence-corrected chi connectivity index (χ1v) is 9.27. The van der Waals surface area contributed by atoms with Gasteiger partial charge >= 0.3 is 6.18 Å². The Bertz CT molecular complexity index is 801. The van der Waals surface area contributed by atoms with Crippen LogP contribution in [0.25, 0.3) is 6.08 Å². The number of aromatic nitrogens is 2. The van der Waals surface area contributed by atoms with Crippen LogP contribution in [0.4, 0.5) is 13.2 Å². The van der Waals surface area contributed by atoms with Crippen molar-refractivity contribution in [3.63, 3.8) is 0 Å². The highest BCUT2D eigenvalue weighted by Gasteiger charge is 2.37. The number of hydrogen-bond acceptors (Lipinski definition) is 4. The van der Waals surface area contributed by atoms with Crippen LogP contribution in [0.5, 0.6) is 0 Å². The highest BCUT2D eigenvalue weighted by Crippen LogP contribution is 2.34. The number of amides is 1. The monoisotopic (exact) mass is 381 g/mol. The molecule has 1 amide bonds. The van der Waals surface area contributed by atoms with Crippen LogP contribution < -0.4 is 5.32 Å². The average Bonchev–Trinajstić information content (AvgIpc) is 3.12. The van der Waals surface area contributed by atoms with E-state index in [2.05, 4.69) is 15.3 Å². The molecule has 0 unspecified atom stereocenters. The molecule has 2 aromatic rings. The van der Waals surface area contributed by atoms with Crippen LogP contribution in [0.2, 0.25) is 0 Å². The lowest BCUT2D eigenvalue weighted by Gasteiger charge is -2.20. The molecule has 0 atom stereocenters. The number of carbonyl (C=O) groups is 1. The summed E-state index contributed by atoms with van der Waals surface area (Å²) >= 11 is 1.51. The minimum atomic E-state index is -4.48. The molecule has 3 rings (SSSR count). The van der Waals surface area contributed by atoms with Crippen LogP contribution in [-0.2, 0) is 30.2 Å². The Hall–Kier alpha value is -2.22. The Balaban J connectivity index is 1.63. The van der Waals surface area contributed by atoms with E-state index in [0.717, 1.165) is 17.7 Å². The molecule has 1 N–H and O–H groups in total. The van der Waals surface area contributed by atoms with Crippen molar-refractivity contribution in [2.45, 2.75) is 38.3 Å². The Morgan fingerprint density at radius 3 is 2.81 bits per heavy atom. The minimum absolute atomic E-state index is 0.125. The van der Waals surface area contributed by atoms with E-state index in [1.165, 1.54) is 17.4 Å². The predicted octanol–water partition coefficient (Wildman–Crippen LogP) is 3.81. The van der Waals surface area contributed by atoms with Gasteiger partial charge < -0.3 is 5.32 Å². The Labute approximate surface area is 153 Å². The second-order valence-corrected chi connectivity index (χ2v) is 6.99. The Kier molecular flexibility index (Phi) is 5.70. The lowest BCUT2D eigenvalue weighted by Crippen LogP contribution is -2.26. The molecule has 0 aromatic carbocycles. The van der Waals surface area contributed by atoms with Crippen molar-refractivity contribution >= 4 is 23.3 Å². The van der Waals surface area contributed by atoms with E-state index >= 15 is 0 Å². The van der Waals surface area contributed by atoms with Gasteiger partial charge in [-0.25, -0.2) is 9.97 Å². The van der Waals surface area contributed by atoms with Crippen molar-refractivity contribution in [2.75, 3.05) is 6.54 Å². The van der Waals surface area contributed by atoms with Gasteiger partial charge in [0.25, 0.3) is 0 Å². The van der Waals surface area contributed by atoms with Gasteiger partial charge in [0, 0.05) is 35.2 Å². The summed E-state index contributed by atoms with van der Waals surface area (Å²) in [5.41, 5.74) is -0.0889. The molecule has 0 saturated carbocycles. The van der Waals surface area contributed by atoms with Gasteiger partial charge in [0.1, 0.15) is 5.82 Å². The van der Waals surface area contributed by atoms with Crippen LogP contribution in [0.3, 0.4) is 0 Å². The van der Waals surface area contributed by atoms with E-state index in [9.17, 15) is 18.0 Å². The number of hydrogen-bond donors (Lipinski definition) is 1. The largest absolute Gasteiger partial charge is 0.433 e. The highest BCUT2D eigenvalue weighted by molar-refractivity contribution is 7.10. The SMILES string of the molecule is O=C(/C=C/c1cccs1)NCCc1nc2c(c(C(F)(F)F)n1)CCCC2. The summed E-state index contributed by atoms with van der Waals surface area (Å²) in [5.74, 6) is -0.173. The van der Waals surface area contributed by atoms with E-state index in [1.807, 2.05) is 17.5 Å². The van der Waals surface area contributed by atoms with Gasteiger partial charge in [-0.1, -0.05) is 6.07 Å². The summed E-state index contributed by atoms with van der Waals surface area (Å²) in [4.78, 5) is 20.8. The Morgan fingerprint density at radius 2 is 2.08 bits per heavy atom. The van der Waals surface area contributed by atoms with Crippen LogP contribution in [-0.4, -0.2) is 22.4 Å². The van der Waals surface area contributed by atoms with Gasteiger partial charge in [-0.05, 0) is 43.2 Å². The first kappa shape index (κ1) is 18.6. The van der Waals surface area contributed by atoms with Crippen molar-refractivity contribution in [3.8, 4) is 0 Å². The summed E-state index contributed by atoms with van der Waals surface area (Å²) in [7, 11) is 0. The topological polar surface area (TPSA) is 54.9 Å². The fraction of sp³-hybridized carbons (Fsp3) is 0.389. The van der Waals surface area contributed by atoms with Gasteiger partial charge in [0.15, 0.2) is 5.69 Å². The molecular weight excluding hydrogens is 363 g/mol. The maximum atomic E-state index is 13.3. The van der Waals surface area contributed by atoms with Gasteiger partial charge in [-0.15, -0.1) is 11.3 Å². The maximum Gasteiger partial charge on any atom is 0.433 e. The van der Waals surface area contributed by atoms with E-state index < -0.39 is 11.9 Å². The third-order valence-electron chi connectivity index (χ3n) is 4.09. The van der Waals surface area contributed by atoms with Gasteiger partial charge in [-0.3, -0.25) is 4.79 Å². The molecule has 138 valence electrons. The molecule has 1 aliphatic rings. The summed E-state index contributed by atoms with van der Waals surface area (Å²) in [5, 5.41) is 4.56. The van der Waals surface area contributed by atoms with Gasteiger partial charge in [0.2, 0.25) is 5.91 Å². The zero-order valence-electron chi connectivity index (χ0n) is 14.0. The third-order valence-corrected chi connectivity index (χ3v) is 4.93. The molecule has 1 aliphatic carbocycles. The van der Waals surface area contributed by atoms with E-state index in [-0.39, 0.29) is 30.3 Å². The number of thiophene rings is 1. The number of fused-ring (bicyclic) bond motifs is 1. The normalized spacial score (nSPS) is 14.4. The summed E-state index contributed by atoms with van der Waals surface area (Å²) in [6.07, 6.45) is 1.26. The van der Waals surface area contributed by atoms with Crippen LogP contribution in [0, 0.1) is 0 Å². The summed E-state index contributed by atoms with van der Waals surface area (Å²) in [6, 6.07) is 3.77. The van der Waals surface area contributed by atoms with Crippen LogP contribution in [0.15, 0.2) is 23.6 Å². The first-order valence-electron chi connectivity index (χ1n) is 8.39. The fourth-order valence-electron chi connectivity index (χ4n) is 2.89. The lowest BCUT2D eigenvalue weighted by molar-refractivity contribution is -0.142. The molecule has 26 heavy (non-hydrogen) atoms. The zero-order valence-corrected chi connectivity index (χ0v) is 14.8. The summed E-state index contributed by atoms with van der Waals surface area (Å²) < 4.78 is 39.8. The standard InChI is InChI=1S/C18H18F3N3OS/c19-18(20,21)17-13-5-1-2-6-14(13)23-15(24-17)9-10-22-16(25)8-7-12-4-3-11-26-12/h3-4,7-8,11H,1-2,5-6,9-10H2,(H,22,25)/b8-7+. The molecule has 0 bridgehead atoms. The van der Waals surface area contributed by atoms with Crippen molar-refractivity contribution in [1.82, 2.24) is 15.3 Å². The summed E-state index contributed by atoms with van der Waals surface area (Å²) in [6.45, 7) is 0.184. The number of rotatable bonds is 5. The molecule has 0 radical (unpaired) electrons. The van der Waals surface area contributed by atoms with E-state index in [4.69, 9.17) is 0 Å². The van der Waals surface area contributed by atoms with Crippen molar-refractivity contribution in [3.05, 3.63) is 51.2 Å². The lowest BCUT2D eigenvalue weighted by atomic mass is 9.94. The van der Waals surface area contributed by atoms with E-state index in [1.54, 1.807) is 6.08 Å². The number of carbonyl (C=O) groups excluding carboxylic acids is 1. The Morgan fingerprint density at radius 1 is 1.27 bits per heavy atom. The number of nitrogens with zero attached hydrogens (tertiary/aromatic N) is 2. The molecule has 0 fully saturated rings. The molecule has 2 heterocycles. The molecule has 4 nitrogen and oxygen atoms in total. The average molecular weight is 381 g/mol. The second kappa shape index (κ2) is 7.99. The van der Waals surface area contributed by atoms with E-state index in [0.29, 0.717) is 18.5 Å². The minimum Gasteiger partial charge on any atom is -0.352 e. The quantitative estimate of drug-likeness (QED) is 0.802. The molecular formula is C18H18F3N3OS. The molecule has 0 aliphatic heterocycles. The molecule has 0 spiro atoms.